The molecule has 9 rings (SSSR count). The van der Waals surface area contributed by atoms with Gasteiger partial charge >= 0.3 is 88.7 Å². The van der Waals surface area contributed by atoms with Crippen molar-refractivity contribution in [1.29, 1.82) is 0 Å². The average Bonchev–Trinajstić information content (AvgIpc) is 4.16. The minimum absolute atomic E-state index is 0. The summed E-state index contributed by atoms with van der Waals surface area (Å²) in [4.78, 5) is 92.0. The van der Waals surface area contributed by atoms with Crippen molar-refractivity contribution in [2.24, 2.45) is 5.73 Å². The number of allylic oxidation sites excluding steroid dienone is 2. The van der Waals surface area contributed by atoms with Gasteiger partial charge in [0.1, 0.15) is 5.78 Å². The Morgan fingerprint density at radius 2 is 1.30 bits per heavy atom. The predicted molar refractivity (Wildman–Crippen MR) is 234 cm³/mol. The molecular weight excluding hydrogens is 896 g/mol. The molecule has 5 atom stereocenters. The Balaban J connectivity index is -0.000000381. The quantitative estimate of drug-likeness (QED) is 0.0457. The number of rotatable bonds is 5. The summed E-state index contributed by atoms with van der Waals surface area (Å²) < 4.78 is 0. The summed E-state index contributed by atoms with van der Waals surface area (Å²) in [6.45, 7) is -0.323. The fourth-order valence-electron chi connectivity index (χ4n) is 7.42. The number of benzene rings is 3. The summed E-state index contributed by atoms with van der Waals surface area (Å²) in [7, 11) is 0. The van der Waals surface area contributed by atoms with Crippen molar-refractivity contribution in [3.8, 4) is 0 Å². The maximum absolute atomic E-state index is 12.1. The van der Waals surface area contributed by atoms with Crippen molar-refractivity contribution in [2.45, 2.75) is 115 Å². The van der Waals surface area contributed by atoms with Crippen LogP contribution in [0, 0.1) is 0 Å². The smallest absolute Gasteiger partial charge is 1.00 e. The number of Topliss-reactive ketones (excluding diaryl/α,β-unsaturated/α-hetero) is 1. The largest absolute Gasteiger partial charge is 1.00 e. The van der Waals surface area contributed by atoms with Crippen molar-refractivity contribution < 1.29 is 155 Å². The van der Waals surface area contributed by atoms with Crippen LogP contribution in [0.2, 0.25) is 0 Å². The van der Waals surface area contributed by atoms with E-state index >= 15 is 0 Å². The SMILES string of the molecule is C.NC1CCC(O)C1.O=C(NC1CCC(O)C1)c1ccccc1CO.O=C1C=CCC1.O=C1CCC(N2C(=O)c3ccccc3C2=O)C1.O=C1NC(=O)c2ccccc21.O=CO[O-].[B].[H-].[H-].[Na+].[Na+].[Na+]. The molecule has 7 N–H and O–H groups in total. The molecule has 6 aliphatic rings. The van der Waals surface area contributed by atoms with Gasteiger partial charge in [-0.2, -0.15) is 0 Å². The molecule has 3 aromatic carbocycles. The standard InChI is InChI=1S/C13H11NO3.C13H17NO3.C8H5NO2.C5H11NO.C5H6O.CH2O3.CH4.B.3Na.2H/c15-9-6-5-8(7-9)14-12(16)10-3-1-2-4-11(10)13(14)17;15-8-9-3-1-2-4-12(9)13(17)14-10-5-6-11(16)7-10;10-7-5-3-1-2-4-6(5)8(11)9-7;6-4-1-2-5(7)3-4;6-5-3-1-2-4-5;2-1-4-3;;;;;;;/h1-4,8H,5-7H2;1-4,10-11,15-16H,5-8H2,(H,14,17);1-4H,(H,9,10,11);4-5,7H,1-3,6H2;1,3H,2,4H2;1,3H;1H4;;;;;;/q;;;;;;;;3*+1;2*-1/p-1. The Labute approximate surface area is 461 Å². The Hall–Kier alpha value is -3.18. The topological polar surface area (TPSA) is 283 Å². The van der Waals surface area contributed by atoms with E-state index in [9.17, 15) is 38.7 Å². The van der Waals surface area contributed by atoms with E-state index in [1.807, 2.05) is 6.08 Å². The van der Waals surface area contributed by atoms with Gasteiger partial charge in [0.25, 0.3) is 36.0 Å². The second kappa shape index (κ2) is 34.2. The van der Waals surface area contributed by atoms with Crippen molar-refractivity contribution in [1.82, 2.24) is 15.5 Å². The van der Waals surface area contributed by atoms with Gasteiger partial charge in [-0.1, -0.05) is 56.0 Å². The van der Waals surface area contributed by atoms with Crippen molar-refractivity contribution in [3.63, 3.8) is 0 Å². The summed E-state index contributed by atoms with van der Waals surface area (Å²) >= 11 is 0. The minimum Gasteiger partial charge on any atom is -1.00 e. The number of ketones is 2. The molecule has 0 bridgehead atoms. The normalized spacial score (nSPS) is 20.8. The number of imide groups is 2. The van der Waals surface area contributed by atoms with Crippen molar-refractivity contribution in [3.05, 3.63) is 118 Å². The summed E-state index contributed by atoms with van der Waals surface area (Å²) in [5.74, 6) is -0.887. The first-order chi connectivity index (χ1) is 29.8. The van der Waals surface area contributed by atoms with Crippen LogP contribution >= 0.6 is 0 Å². The van der Waals surface area contributed by atoms with Crippen LogP contribution in [0.15, 0.2) is 84.9 Å². The molecule has 5 unspecified atom stereocenters. The number of carbonyl (C=O) groups is 8. The summed E-state index contributed by atoms with van der Waals surface area (Å²) in [6, 6.07) is 20.6. The Morgan fingerprint density at radius 1 is 0.791 bits per heavy atom. The molecule has 0 aromatic heterocycles. The van der Waals surface area contributed by atoms with Gasteiger partial charge in [-0.05, 0) is 93.3 Å². The first-order valence-corrected chi connectivity index (χ1v) is 20.2. The fourth-order valence-corrected chi connectivity index (χ4v) is 7.42. The molecule has 3 saturated carbocycles. The maximum Gasteiger partial charge on any atom is 1.00 e. The van der Waals surface area contributed by atoms with Gasteiger partial charge < -0.3 is 39.4 Å². The van der Waals surface area contributed by atoms with Crippen LogP contribution in [0.25, 0.3) is 0 Å². The van der Waals surface area contributed by atoms with Gasteiger partial charge in [-0.15, -0.1) is 0 Å². The molecule has 67 heavy (non-hydrogen) atoms. The van der Waals surface area contributed by atoms with Crippen LogP contribution in [0.1, 0.15) is 138 Å². The number of fused-ring (bicyclic) bond motifs is 2. The summed E-state index contributed by atoms with van der Waals surface area (Å²) in [5, 5.41) is 40.9. The molecule has 4 aliphatic carbocycles. The number of hydrogen-bond donors (Lipinski definition) is 6. The average molecular weight is 954 g/mol. The number of nitrogens with one attached hydrogen (secondary N) is 2. The third kappa shape index (κ3) is 20.4. The van der Waals surface area contributed by atoms with Crippen LogP contribution in [0.4, 0.5) is 0 Å². The summed E-state index contributed by atoms with van der Waals surface area (Å²) in [5.41, 5.74) is 8.45. The predicted octanol–water partition coefficient (Wildman–Crippen LogP) is -6.51. The Kier molecular flexibility index (Phi) is 33.6. The van der Waals surface area contributed by atoms with E-state index in [1.54, 1.807) is 78.9 Å². The number of amides is 5. The van der Waals surface area contributed by atoms with Gasteiger partial charge in [-0.25, -0.2) is 0 Å². The van der Waals surface area contributed by atoms with E-state index in [-0.39, 0.29) is 192 Å². The van der Waals surface area contributed by atoms with Gasteiger partial charge in [0.05, 0.1) is 41.1 Å². The maximum atomic E-state index is 12.1. The molecule has 17 nitrogen and oxygen atoms in total. The van der Waals surface area contributed by atoms with Crippen molar-refractivity contribution >= 4 is 56.0 Å². The molecule has 0 saturated heterocycles. The van der Waals surface area contributed by atoms with E-state index in [1.165, 1.54) is 4.90 Å². The number of nitrogens with two attached hydrogens (primary N) is 1. The molecule has 21 heteroatoms. The zero-order valence-corrected chi connectivity index (χ0v) is 43.6. The minimum atomic E-state index is -0.300. The van der Waals surface area contributed by atoms with Gasteiger partial charge in [0.15, 0.2) is 5.78 Å². The third-order valence-electron chi connectivity index (χ3n) is 10.6. The van der Waals surface area contributed by atoms with E-state index < -0.39 is 0 Å². The molecule has 3 fully saturated rings. The number of aliphatic hydroxyl groups excluding tert-OH is 3. The van der Waals surface area contributed by atoms with E-state index in [0.29, 0.717) is 59.1 Å². The van der Waals surface area contributed by atoms with Crippen molar-refractivity contribution in [2.75, 3.05) is 0 Å². The van der Waals surface area contributed by atoms with Crippen LogP contribution in [0.3, 0.4) is 0 Å². The van der Waals surface area contributed by atoms with E-state index in [2.05, 4.69) is 15.5 Å². The molecular formula is C46H57BN4Na3O13. The second-order valence-corrected chi connectivity index (χ2v) is 15.1. The molecule has 2 heterocycles. The first-order valence-electron chi connectivity index (χ1n) is 20.2. The third-order valence-corrected chi connectivity index (χ3v) is 10.6. The molecule has 3 radical (unpaired) electrons. The Bertz CT molecular complexity index is 2080. The fraction of sp³-hybridized carbons (Fsp3) is 0.391. The molecule has 0 spiro atoms. The molecule has 2 aliphatic heterocycles. The molecule has 345 valence electrons. The Morgan fingerprint density at radius 3 is 1.67 bits per heavy atom. The zero-order chi connectivity index (χ0) is 45.2. The number of nitrogens with zero attached hydrogens (tertiary/aromatic N) is 1. The van der Waals surface area contributed by atoms with E-state index in [0.717, 1.165) is 44.9 Å². The number of hydrogen-bond acceptors (Lipinski definition) is 14. The van der Waals surface area contributed by atoms with Crippen LogP contribution in [0.5, 0.6) is 0 Å². The first kappa shape index (κ1) is 65.9. The van der Waals surface area contributed by atoms with Gasteiger partial charge in [-0.3, -0.25) is 48.6 Å². The molecule has 5 amide bonds. The second-order valence-electron chi connectivity index (χ2n) is 15.1. The van der Waals surface area contributed by atoms with Crippen LogP contribution in [-0.2, 0) is 25.9 Å². The van der Waals surface area contributed by atoms with Crippen LogP contribution < -0.4 is 110 Å². The summed E-state index contributed by atoms with van der Waals surface area (Å²) in [6.07, 6.45) is 11.1. The monoisotopic (exact) mass is 953 g/mol. The molecule has 3 aromatic rings. The van der Waals surface area contributed by atoms with E-state index in [4.69, 9.17) is 26.0 Å². The van der Waals surface area contributed by atoms with Crippen LogP contribution in [-0.4, -0.2) is 107 Å². The van der Waals surface area contributed by atoms with Gasteiger partial charge in [0, 0.05) is 51.4 Å². The zero-order valence-electron chi connectivity index (χ0n) is 39.6. The number of carbonyl (C=O) groups excluding carboxylic acids is 8. The number of aliphatic hydroxyl groups is 3. The van der Waals surface area contributed by atoms with Gasteiger partial charge in [0.2, 0.25) is 0 Å².